The summed E-state index contributed by atoms with van der Waals surface area (Å²) < 4.78 is 35.8. The molecule has 3 atom stereocenters. The number of carbonyl (C=O) groups excluding carboxylic acids is 1. The minimum Gasteiger partial charge on any atom is -0.492 e. The maximum Gasteiger partial charge on any atom is 0.297 e. The van der Waals surface area contributed by atoms with E-state index in [1.807, 2.05) is 6.92 Å². The van der Waals surface area contributed by atoms with Gasteiger partial charge in [0.15, 0.2) is 6.04 Å². The molecule has 0 saturated carbocycles. The number of halogens is 3. The van der Waals surface area contributed by atoms with Crippen molar-refractivity contribution in [2.75, 3.05) is 6.61 Å². The zero-order valence-electron chi connectivity index (χ0n) is 16.5. The second-order valence-electron chi connectivity index (χ2n) is 8.15. The van der Waals surface area contributed by atoms with Crippen molar-refractivity contribution < 1.29 is 18.3 Å². The zero-order chi connectivity index (χ0) is 20.5. The van der Waals surface area contributed by atoms with Crippen molar-refractivity contribution in [3.8, 4) is 5.75 Å². The highest BCUT2D eigenvalue weighted by Crippen LogP contribution is 2.41. The van der Waals surface area contributed by atoms with Crippen LogP contribution in [0.5, 0.6) is 5.75 Å². The molecule has 2 bridgehead atoms. The molecule has 2 N–H and O–H groups in total. The van der Waals surface area contributed by atoms with Crippen molar-refractivity contribution in [1.82, 2.24) is 4.90 Å². The van der Waals surface area contributed by atoms with E-state index in [2.05, 4.69) is 6.92 Å². The lowest BCUT2D eigenvalue weighted by Gasteiger charge is -2.40. The van der Waals surface area contributed by atoms with E-state index in [9.17, 15) is 4.79 Å². The van der Waals surface area contributed by atoms with Gasteiger partial charge in [0.05, 0.1) is 11.6 Å². The first-order valence-electron chi connectivity index (χ1n) is 10.1. The smallest absolute Gasteiger partial charge is 0.297 e. The quantitative estimate of drug-likeness (QED) is 0.656. The normalized spacial score (nSPS) is 25.6. The number of hydrogen-bond acceptors (Lipinski definition) is 3. The maximum atomic E-state index is 15.1. The first-order valence-corrected chi connectivity index (χ1v) is 10.5. The van der Waals surface area contributed by atoms with Crippen molar-refractivity contribution in [3.05, 3.63) is 28.8 Å². The lowest BCUT2D eigenvalue weighted by Crippen LogP contribution is -2.57. The summed E-state index contributed by atoms with van der Waals surface area (Å²) in [6, 6.07) is 1.93. The molecule has 2 saturated heterocycles. The highest BCUT2D eigenvalue weighted by Gasteiger charge is 2.50. The first kappa shape index (κ1) is 21.3. The Morgan fingerprint density at radius 1 is 1.36 bits per heavy atom. The Morgan fingerprint density at radius 3 is 2.61 bits per heavy atom. The summed E-state index contributed by atoms with van der Waals surface area (Å²) in [6.45, 7) is 4.55. The van der Waals surface area contributed by atoms with Crippen LogP contribution in [-0.2, 0) is 10.7 Å². The molecule has 0 aliphatic carbocycles. The monoisotopic (exact) mass is 414 g/mol. The van der Waals surface area contributed by atoms with E-state index in [1.54, 1.807) is 4.90 Å². The molecule has 0 aromatic heterocycles. The summed E-state index contributed by atoms with van der Waals surface area (Å²) in [6.07, 6.45) is 5.17. The standard InChI is InChI=1S/C21H29ClF2N2O2/c1-3-4-9-28-18-12-14(5-8-17(18)22)21(23,24)19(25)20(27)26-15-6-7-16(26)11-13(2)10-15/h5,8,12-13,15-16,19H,3-4,6-7,9-11,25H2,1-2H3. The van der Waals surface area contributed by atoms with E-state index in [1.165, 1.54) is 18.2 Å². The SMILES string of the molecule is CCCCOc1cc(C(F)(F)C(N)C(=O)N2C3CCC2CC(C)C3)ccc1Cl. The molecule has 3 rings (SSSR count). The predicted octanol–water partition coefficient (Wildman–Crippen LogP) is 4.73. The molecule has 2 aliphatic rings. The summed E-state index contributed by atoms with van der Waals surface area (Å²) >= 11 is 6.07. The maximum absolute atomic E-state index is 15.1. The predicted molar refractivity (Wildman–Crippen MR) is 106 cm³/mol. The number of fused-ring (bicyclic) bond motifs is 2. The van der Waals surface area contributed by atoms with Crippen LogP contribution in [0.15, 0.2) is 18.2 Å². The number of alkyl halides is 2. The molecule has 2 heterocycles. The van der Waals surface area contributed by atoms with E-state index in [0.717, 1.165) is 38.5 Å². The van der Waals surface area contributed by atoms with Gasteiger partial charge in [0, 0.05) is 17.6 Å². The number of ether oxygens (including phenoxy) is 1. The molecule has 2 fully saturated rings. The Hall–Kier alpha value is -1.40. The highest BCUT2D eigenvalue weighted by molar-refractivity contribution is 6.32. The molecule has 2 aliphatic heterocycles. The van der Waals surface area contributed by atoms with Crippen LogP contribution in [0.4, 0.5) is 8.78 Å². The van der Waals surface area contributed by atoms with Gasteiger partial charge in [-0.1, -0.05) is 37.9 Å². The average Bonchev–Trinajstić information content (AvgIpc) is 2.93. The molecular weight excluding hydrogens is 386 g/mol. The third kappa shape index (κ3) is 4.13. The van der Waals surface area contributed by atoms with Crippen LogP contribution >= 0.6 is 11.6 Å². The van der Waals surface area contributed by atoms with Gasteiger partial charge in [-0.05, 0) is 50.2 Å². The molecule has 4 nitrogen and oxygen atoms in total. The average molecular weight is 415 g/mol. The van der Waals surface area contributed by atoms with E-state index in [0.29, 0.717) is 12.5 Å². The van der Waals surface area contributed by atoms with Gasteiger partial charge in [-0.15, -0.1) is 0 Å². The summed E-state index contributed by atoms with van der Waals surface area (Å²) in [5, 5.41) is 0.263. The molecule has 0 spiro atoms. The third-order valence-electron chi connectivity index (χ3n) is 5.95. The second-order valence-corrected chi connectivity index (χ2v) is 8.56. The van der Waals surface area contributed by atoms with Crippen molar-refractivity contribution in [1.29, 1.82) is 0 Å². The Labute approximate surface area is 170 Å². The lowest BCUT2D eigenvalue weighted by molar-refractivity contribution is -0.148. The van der Waals surface area contributed by atoms with Crippen LogP contribution < -0.4 is 10.5 Å². The van der Waals surface area contributed by atoms with Crippen LogP contribution in [0.3, 0.4) is 0 Å². The minimum absolute atomic E-state index is 0.0289. The van der Waals surface area contributed by atoms with E-state index < -0.39 is 17.9 Å². The molecule has 1 amide bonds. The van der Waals surface area contributed by atoms with Gasteiger partial charge in [0.2, 0.25) is 5.91 Å². The first-order chi connectivity index (χ1) is 13.3. The summed E-state index contributed by atoms with van der Waals surface area (Å²) in [5.41, 5.74) is 5.49. The van der Waals surface area contributed by atoms with Crippen molar-refractivity contribution in [2.24, 2.45) is 11.7 Å². The molecule has 7 heteroatoms. The second kappa shape index (κ2) is 8.54. The molecule has 156 valence electrons. The van der Waals surface area contributed by atoms with Gasteiger partial charge in [-0.2, -0.15) is 8.78 Å². The third-order valence-corrected chi connectivity index (χ3v) is 6.26. The largest absolute Gasteiger partial charge is 0.492 e. The topological polar surface area (TPSA) is 55.6 Å². The fraction of sp³-hybridized carbons (Fsp3) is 0.667. The lowest BCUT2D eigenvalue weighted by atomic mass is 9.91. The molecule has 3 unspecified atom stereocenters. The number of nitrogens with two attached hydrogens (primary N) is 1. The van der Waals surface area contributed by atoms with Crippen LogP contribution in [0.2, 0.25) is 5.02 Å². The Morgan fingerprint density at radius 2 is 2.00 bits per heavy atom. The van der Waals surface area contributed by atoms with Crippen LogP contribution in [-0.4, -0.2) is 35.5 Å². The molecule has 28 heavy (non-hydrogen) atoms. The molecule has 1 aromatic carbocycles. The number of unbranched alkanes of at least 4 members (excludes halogenated alkanes) is 1. The minimum atomic E-state index is -3.51. The Kier molecular flexibility index (Phi) is 6.50. The number of piperidine rings is 1. The van der Waals surface area contributed by atoms with E-state index in [-0.39, 0.29) is 28.4 Å². The number of amides is 1. The molecule has 1 aromatic rings. The molecule has 0 radical (unpaired) electrons. The van der Waals surface area contributed by atoms with Gasteiger partial charge >= 0.3 is 0 Å². The Bertz CT molecular complexity index is 702. The van der Waals surface area contributed by atoms with Gasteiger partial charge < -0.3 is 15.4 Å². The van der Waals surface area contributed by atoms with Crippen LogP contribution in [0.1, 0.15) is 57.9 Å². The highest BCUT2D eigenvalue weighted by atomic mass is 35.5. The number of nitrogens with zero attached hydrogens (tertiary/aromatic N) is 1. The van der Waals surface area contributed by atoms with E-state index >= 15 is 8.78 Å². The van der Waals surface area contributed by atoms with E-state index in [4.69, 9.17) is 22.1 Å². The van der Waals surface area contributed by atoms with Gasteiger partial charge in [-0.3, -0.25) is 4.79 Å². The summed E-state index contributed by atoms with van der Waals surface area (Å²) in [7, 11) is 0. The Balaban J connectivity index is 1.78. The fourth-order valence-electron chi connectivity index (χ4n) is 4.45. The summed E-state index contributed by atoms with van der Waals surface area (Å²) in [5.74, 6) is -3.46. The van der Waals surface area contributed by atoms with Crippen molar-refractivity contribution >= 4 is 17.5 Å². The number of hydrogen-bond donors (Lipinski definition) is 1. The van der Waals surface area contributed by atoms with Gasteiger partial charge in [-0.25, -0.2) is 0 Å². The van der Waals surface area contributed by atoms with Gasteiger partial charge in [0.1, 0.15) is 5.75 Å². The van der Waals surface area contributed by atoms with Gasteiger partial charge in [0.25, 0.3) is 5.92 Å². The van der Waals surface area contributed by atoms with Crippen molar-refractivity contribution in [3.63, 3.8) is 0 Å². The number of benzene rings is 1. The van der Waals surface area contributed by atoms with Crippen LogP contribution in [0.25, 0.3) is 0 Å². The zero-order valence-corrected chi connectivity index (χ0v) is 17.2. The number of carbonyl (C=O) groups is 1. The van der Waals surface area contributed by atoms with Crippen molar-refractivity contribution in [2.45, 2.75) is 76.4 Å². The van der Waals surface area contributed by atoms with Crippen LogP contribution in [0, 0.1) is 5.92 Å². The molecular formula is C21H29ClF2N2O2. The number of rotatable bonds is 7. The summed E-state index contributed by atoms with van der Waals surface area (Å²) in [4.78, 5) is 14.5. The fourth-order valence-corrected chi connectivity index (χ4v) is 4.62.